The lowest BCUT2D eigenvalue weighted by Crippen LogP contribution is -2.37. The number of hydrogen-bond acceptors (Lipinski definition) is 5. The van der Waals surface area contributed by atoms with Gasteiger partial charge in [0.1, 0.15) is 12.4 Å². The molecule has 0 atom stereocenters. The first-order valence-electron chi connectivity index (χ1n) is 7.05. The summed E-state index contributed by atoms with van der Waals surface area (Å²) in [6.07, 6.45) is 0.860. The van der Waals surface area contributed by atoms with Gasteiger partial charge in [-0.3, -0.25) is 19.2 Å². The molecular weight excluding hydrogens is 433 g/mol. The molecule has 2 rings (SSSR count). The first-order chi connectivity index (χ1) is 12.1. The molecule has 0 aromatic heterocycles. The summed E-state index contributed by atoms with van der Waals surface area (Å²) < 4.78 is 39.0. The Kier molecular flexibility index (Phi) is 5.93. The van der Waals surface area contributed by atoms with Gasteiger partial charge in [0.25, 0.3) is 5.69 Å². The number of carbonyl (C=O) groups is 1. The van der Waals surface area contributed by atoms with Crippen molar-refractivity contribution in [2.24, 2.45) is 0 Å². The molecule has 0 saturated heterocycles. The summed E-state index contributed by atoms with van der Waals surface area (Å²) in [4.78, 5) is 22.4. The fourth-order valence-corrected chi connectivity index (χ4v) is 3.25. The lowest BCUT2D eigenvalue weighted by molar-refractivity contribution is -0.384. The Labute approximate surface area is 157 Å². The SMILES string of the molecule is CS(=O)(=O)N(CC(=O)Nc1ccc(Br)cc1F)c1cccc([N+](=O)[O-])c1. The van der Waals surface area contributed by atoms with Crippen molar-refractivity contribution in [3.63, 3.8) is 0 Å². The van der Waals surface area contributed by atoms with Gasteiger partial charge in [0, 0.05) is 16.6 Å². The predicted molar refractivity (Wildman–Crippen MR) is 98.0 cm³/mol. The average molecular weight is 446 g/mol. The third-order valence-electron chi connectivity index (χ3n) is 3.22. The number of halogens is 2. The topological polar surface area (TPSA) is 110 Å². The number of anilines is 2. The first-order valence-corrected chi connectivity index (χ1v) is 9.69. The maximum absolute atomic E-state index is 13.8. The van der Waals surface area contributed by atoms with Gasteiger partial charge in [-0.25, -0.2) is 12.8 Å². The maximum Gasteiger partial charge on any atom is 0.271 e. The number of nitrogens with zero attached hydrogens (tertiary/aromatic N) is 2. The Morgan fingerprint density at radius 1 is 1.31 bits per heavy atom. The van der Waals surface area contributed by atoms with Crippen LogP contribution in [0.1, 0.15) is 0 Å². The number of benzene rings is 2. The smallest absolute Gasteiger partial charge is 0.271 e. The molecule has 0 unspecified atom stereocenters. The summed E-state index contributed by atoms with van der Waals surface area (Å²) in [6, 6.07) is 8.82. The number of sulfonamides is 1. The fourth-order valence-electron chi connectivity index (χ4n) is 2.07. The molecule has 2 aromatic carbocycles. The Morgan fingerprint density at radius 3 is 2.58 bits per heavy atom. The first kappa shape index (κ1) is 19.8. The van der Waals surface area contributed by atoms with Crippen LogP contribution in [0.2, 0.25) is 0 Å². The zero-order chi connectivity index (χ0) is 19.5. The van der Waals surface area contributed by atoms with Crippen LogP contribution in [0.5, 0.6) is 0 Å². The number of nitro groups is 1. The van der Waals surface area contributed by atoms with Crippen molar-refractivity contribution < 1.29 is 22.5 Å². The quantitative estimate of drug-likeness (QED) is 0.542. The number of carbonyl (C=O) groups excluding carboxylic acids is 1. The molecule has 0 fully saturated rings. The van der Waals surface area contributed by atoms with Crippen molar-refractivity contribution >= 4 is 48.9 Å². The van der Waals surface area contributed by atoms with Crippen molar-refractivity contribution in [3.8, 4) is 0 Å². The van der Waals surface area contributed by atoms with Crippen molar-refractivity contribution in [2.45, 2.75) is 0 Å². The molecule has 8 nitrogen and oxygen atoms in total. The van der Waals surface area contributed by atoms with Crippen LogP contribution in [-0.2, 0) is 14.8 Å². The van der Waals surface area contributed by atoms with E-state index in [-0.39, 0.29) is 17.1 Å². The largest absolute Gasteiger partial charge is 0.322 e. The van der Waals surface area contributed by atoms with Crippen molar-refractivity contribution in [3.05, 3.63) is 62.9 Å². The molecule has 0 spiro atoms. The predicted octanol–water partition coefficient (Wildman–Crippen LogP) is 2.90. The van der Waals surface area contributed by atoms with Gasteiger partial charge >= 0.3 is 0 Å². The molecule has 0 radical (unpaired) electrons. The number of hydrogen-bond donors (Lipinski definition) is 1. The lowest BCUT2D eigenvalue weighted by Gasteiger charge is -2.21. The van der Waals surface area contributed by atoms with Crippen LogP contribution in [0.4, 0.5) is 21.5 Å². The number of non-ortho nitro benzene ring substituents is 1. The van der Waals surface area contributed by atoms with Crippen molar-refractivity contribution in [2.75, 3.05) is 22.4 Å². The molecule has 0 saturated carbocycles. The zero-order valence-corrected chi connectivity index (χ0v) is 15.8. The van der Waals surface area contributed by atoms with Gasteiger partial charge in [-0.05, 0) is 24.3 Å². The molecule has 1 N–H and O–H groups in total. The highest BCUT2D eigenvalue weighted by atomic mass is 79.9. The Bertz CT molecular complexity index is 968. The standard InChI is InChI=1S/C15H13BrFN3O5S/c1-26(24,25)19(11-3-2-4-12(8-11)20(22)23)9-15(21)18-14-6-5-10(16)7-13(14)17/h2-8H,9H2,1H3,(H,18,21). The highest BCUT2D eigenvalue weighted by Crippen LogP contribution is 2.24. The fraction of sp³-hybridized carbons (Fsp3) is 0.133. The van der Waals surface area contributed by atoms with E-state index in [1.807, 2.05) is 0 Å². The maximum atomic E-state index is 13.8. The number of amides is 1. The summed E-state index contributed by atoms with van der Waals surface area (Å²) in [7, 11) is -3.92. The molecule has 0 bridgehead atoms. The second-order valence-electron chi connectivity index (χ2n) is 5.22. The summed E-state index contributed by atoms with van der Waals surface area (Å²) >= 11 is 3.08. The minimum atomic E-state index is -3.92. The monoisotopic (exact) mass is 445 g/mol. The van der Waals surface area contributed by atoms with Gasteiger partial charge in [-0.2, -0.15) is 0 Å². The third-order valence-corrected chi connectivity index (χ3v) is 4.86. The van der Waals surface area contributed by atoms with Gasteiger partial charge in [-0.1, -0.05) is 22.0 Å². The lowest BCUT2D eigenvalue weighted by atomic mass is 10.2. The van der Waals surface area contributed by atoms with Gasteiger partial charge < -0.3 is 5.32 Å². The molecule has 0 aliphatic carbocycles. The van der Waals surface area contributed by atoms with Crippen LogP contribution in [0.15, 0.2) is 46.9 Å². The average Bonchev–Trinajstić information content (AvgIpc) is 2.54. The second-order valence-corrected chi connectivity index (χ2v) is 8.04. The summed E-state index contributed by atoms with van der Waals surface area (Å²) in [5, 5.41) is 13.1. The van der Waals surface area contributed by atoms with Gasteiger partial charge in [0.15, 0.2) is 0 Å². The Hall–Kier alpha value is -2.53. The van der Waals surface area contributed by atoms with Gasteiger partial charge in [0.2, 0.25) is 15.9 Å². The number of nitrogens with one attached hydrogen (secondary N) is 1. The molecule has 138 valence electrons. The molecule has 0 aliphatic rings. The number of rotatable bonds is 6. The molecular formula is C15H13BrFN3O5S. The summed E-state index contributed by atoms with van der Waals surface area (Å²) in [6.45, 7) is -0.671. The Morgan fingerprint density at radius 2 is 2.00 bits per heavy atom. The van der Waals surface area contributed by atoms with Crippen LogP contribution in [0, 0.1) is 15.9 Å². The van der Waals surface area contributed by atoms with E-state index >= 15 is 0 Å². The van der Waals surface area contributed by atoms with E-state index in [9.17, 15) is 27.7 Å². The summed E-state index contributed by atoms with van der Waals surface area (Å²) in [5.41, 5.74) is -0.491. The molecule has 0 aliphatic heterocycles. The second kappa shape index (κ2) is 7.79. The Balaban J connectivity index is 2.27. The van der Waals surface area contributed by atoms with Crippen molar-refractivity contribution in [1.82, 2.24) is 0 Å². The van der Waals surface area contributed by atoms with Crippen molar-refractivity contribution in [1.29, 1.82) is 0 Å². The van der Waals surface area contributed by atoms with Crippen LogP contribution < -0.4 is 9.62 Å². The molecule has 11 heteroatoms. The van der Waals surface area contributed by atoms with Crippen LogP contribution in [-0.4, -0.2) is 32.0 Å². The molecule has 26 heavy (non-hydrogen) atoms. The minimum absolute atomic E-state index is 0.0480. The van der Waals surface area contributed by atoms with Crippen LogP contribution in [0.3, 0.4) is 0 Å². The van der Waals surface area contributed by atoms with Gasteiger partial charge in [-0.15, -0.1) is 0 Å². The zero-order valence-electron chi connectivity index (χ0n) is 13.3. The van der Waals surface area contributed by atoms with E-state index < -0.39 is 33.2 Å². The van der Waals surface area contributed by atoms with E-state index in [0.29, 0.717) is 8.78 Å². The third kappa shape index (κ3) is 4.99. The van der Waals surface area contributed by atoms with Crippen LogP contribution in [0.25, 0.3) is 0 Å². The highest BCUT2D eigenvalue weighted by molar-refractivity contribution is 9.10. The summed E-state index contributed by atoms with van der Waals surface area (Å²) in [5.74, 6) is -1.50. The molecule has 0 heterocycles. The molecule has 2 aromatic rings. The van der Waals surface area contributed by atoms with E-state index in [1.54, 1.807) is 0 Å². The van der Waals surface area contributed by atoms with E-state index in [4.69, 9.17) is 0 Å². The minimum Gasteiger partial charge on any atom is -0.322 e. The number of nitro benzene ring substituents is 1. The van der Waals surface area contributed by atoms with E-state index in [2.05, 4.69) is 21.2 Å². The van der Waals surface area contributed by atoms with Gasteiger partial charge in [0.05, 0.1) is 22.6 Å². The molecule has 1 amide bonds. The van der Waals surface area contributed by atoms with E-state index in [1.165, 1.54) is 30.3 Å². The van der Waals surface area contributed by atoms with E-state index in [0.717, 1.165) is 18.4 Å². The normalized spacial score (nSPS) is 11.0. The van der Waals surface area contributed by atoms with Crippen LogP contribution >= 0.6 is 15.9 Å². The highest BCUT2D eigenvalue weighted by Gasteiger charge is 2.23.